The number of likely N-dealkylation sites (N-methyl/N-ethyl adjacent to an activating group) is 1. The highest BCUT2D eigenvalue weighted by atomic mass is 79.9. The van der Waals surface area contributed by atoms with Crippen molar-refractivity contribution in [3.8, 4) is 0 Å². The number of benzene rings is 1. The lowest BCUT2D eigenvalue weighted by Gasteiger charge is -2.23. The molecule has 0 bridgehead atoms. The van der Waals surface area contributed by atoms with Crippen molar-refractivity contribution in [3.05, 3.63) is 34.3 Å². The second-order valence-electron chi connectivity index (χ2n) is 5.07. The van der Waals surface area contributed by atoms with Crippen LogP contribution < -0.4 is 5.32 Å². The standard InChI is InChI=1S/C15H22BrN3O2/c1-12(20)19(11-10-18(2)3)9-8-17-15(21)13-4-6-14(16)7-5-13/h4-7H,8-11H2,1-3H3,(H,17,21). The third-order valence-electron chi connectivity index (χ3n) is 3.04. The van der Waals surface area contributed by atoms with Crippen molar-refractivity contribution in [2.75, 3.05) is 40.3 Å². The van der Waals surface area contributed by atoms with Gasteiger partial charge in [-0.1, -0.05) is 15.9 Å². The topological polar surface area (TPSA) is 52.7 Å². The zero-order chi connectivity index (χ0) is 15.8. The van der Waals surface area contributed by atoms with Gasteiger partial charge in [-0.15, -0.1) is 0 Å². The molecule has 1 aromatic carbocycles. The van der Waals surface area contributed by atoms with E-state index < -0.39 is 0 Å². The quantitative estimate of drug-likeness (QED) is 0.807. The van der Waals surface area contributed by atoms with Gasteiger partial charge in [0.15, 0.2) is 0 Å². The molecule has 1 N–H and O–H groups in total. The summed E-state index contributed by atoms with van der Waals surface area (Å²) in [5.74, 6) is -0.103. The monoisotopic (exact) mass is 355 g/mol. The Labute approximate surface area is 134 Å². The summed E-state index contributed by atoms with van der Waals surface area (Å²) in [7, 11) is 3.93. The van der Waals surface area contributed by atoms with E-state index >= 15 is 0 Å². The number of nitrogens with zero attached hydrogens (tertiary/aromatic N) is 2. The molecule has 0 atom stereocenters. The SMILES string of the molecule is CC(=O)N(CCNC(=O)c1ccc(Br)cc1)CCN(C)C. The first-order valence-corrected chi connectivity index (χ1v) is 7.63. The summed E-state index contributed by atoms with van der Waals surface area (Å²) in [6, 6.07) is 7.17. The van der Waals surface area contributed by atoms with Gasteiger partial charge in [0.05, 0.1) is 0 Å². The summed E-state index contributed by atoms with van der Waals surface area (Å²) in [6.45, 7) is 3.98. The highest BCUT2D eigenvalue weighted by molar-refractivity contribution is 9.10. The van der Waals surface area contributed by atoms with Crippen molar-refractivity contribution < 1.29 is 9.59 Å². The van der Waals surface area contributed by atoms with E-state index in [4.69, 9.17) is 0 Å². The number of rotatable bonds is 7. The van der Waals surface area contributed by atoms with Gasteiger partial charge in [0, 0.05) is 43.1 Å². The third kappa shape index (κ3) is 6.73. The van der Waals surface area contributed by atoms with Gasteiger partial charge in [0.25, 0.3) is 5.91 Å². The fourth-order valence-electron chi connectivity index (χ4n) is 1.76. The number of hydrogen-bond acceptors (Lipinski definition) is 3. The first-order valence-electron chi connectivity index (χ1n) is 6.84. The molecule has 0 saturated heterocycles. The van der Waals surface area contributed by atoms with Gasteiger partial charge < -0.3 is 15.1 Å². The molecule has 0 spiro atoms. The van der Waals surface area contributed by atoms with Crippen LogP contribution in [0.15, 0.2) is 28.7 Å². The van der Waals surface area contributed by atoms with Crippen LogP contribution in [-0.4, -0.2) is 61.9 Å². The Kier molecular flexibility index (Phi) is 7.39. The molecule has 6 heteroatoms. The third-order valence-corrected chi connectivity index (χ3v) is 3.56. The number of amides is 2. The number of halogens is 1. The molecule has 1 aromatic rings. The highest BCUT2D eigenvalue weighted by Crippen LogP contribution is 2.10. The van der Waals surface area contributed by atoms with E-state index in [9.17, 15) is 9.59 Å². The molecule has 0 radical (unpaired) electrons. The van der Waals surface area contributed by atoms with E-state index in [1.54, 1.807) is 24.0 Å². The minimum atomic E-state index is -0.126. The molecular formula is C15H22BrN3O2. The summed E-state index contributed by atoms with van der Waals surface area (Å²) >= 11 is 3.33. The maximum Gasteiger partial charge on any atom is 0.251 e. The van der Waals surface area contributed by atoms with Gasteiger partial charge in [0.2, 0.25) is 5.91 Å². The maximum atomic E-state index is 11.9. The molecular weight excluding hydrogens is 334 g/mol. The smallest absolute Gasteiger partial charge is 0.251 e. The summed E-state index contributed by atoms with van der Waals surface area (Å²) in [6.07, 6.45) is 0. The zero-order valence-electron chi connectivity index (χ0n) is 12.7. The Morgan fingerprint density at radius 3 is 2.24 bits per heavy atom. The van der Waals surface area contributed by atoms with Crippen LogP contribution in [0.3, 0.4) is 0 Å². The number of carbonyl (C=O) groups is 2. The molecule has 0 aliphatic rings. The zero-order valence-corrected chi connectivity index (χ0v) is 14.3. The maximum absolute atomic E-state index is 11.9. The van der Waals surface area contributed by atoms with E-state index in [0.717, 1.165) is 11.0 Å². The van der Waals surface area contributed by atoms with Gasteiger partial charge in [0.1, 0.15) is 0 Å². The van der Waals surface area contributed by atoms with Crippen molar-refractivity contribution in [2.24, 2.45) is 0 Å². The predicted molar refractivity (Wildman–Crippen MR) is 87.3 cm³/mol. The molecule has 0 heterocycles. The summed E-state index contributed by atoms with van der Waals surface area (Å²) < 4.78 is 0.936. The molecule has 5 nitrogen and oxygen atoms in total. The van der Waals surface area contributed by atoms with Gasteiger partial charge in [-0.25, -0.2) is 0 Å². The Balaban J connectivity index is 2.41. The van der Waals surface area contributed by atoms with Crippen molar-refractivity contribution in [2.45, 2.75) is 6.92 Å². The summed E-state index contributed by atoms with van der Waals surface area (Å²) in [5.41, 5.74) is 0.612. The molecule has 2 amide bonds. The fourth-order valence-corrected chi connectivity index (χ4v) is 2.02. The summed E-state index contributed by atoms with van der Waals surface area (Å²) in [5, 5.41) is 2.83. The van der Waals surface area contributed by atoms with Gasteiger partial charge in [-0.3, -0.25) is 9.59 Å². The van der Waals surface area contributed by atoms with Crippen LogP contribution >= 0.6 is 15.9 Å². The minimum Gasteiger partial charge on any atom is -0.350 e. The average molecular weight is 356 g/mol. The van der Waals surface area contributed by atoms with E-state index in [1.165, 1.54) is 0 Å². The summed E-state index contributed by atoms with van der Waals surface area (Å²) in [4.78, 5) is 27.2. The Morgan fingerprint density at radius 2 is 1.71 bits per heavy atom. The van der Waals surface area contributed by atoms with Gasteiger partial charge >= 0.3 is 0 Å². The molecule has 1 rings (SSSR count). The van der Waals surface area contributed by atoms with Crippen molar-refractivity contribution in [1.82, 2.24) is 15.1 Å². The van der Waals surface area contributed by atoms with Crippen LogP contribution in [0.5, 0.6) is 0 Å². The molecule has 0 fully saturated rings. The number of nitrogens with one attached hydrogen (secondary N) is 1. The first-order chi connectivity index (χ1) is 9.90. The van der Waals surface area contributed by atoms with Crippen molar-refractivity contribution >= 4 is 27.7 Å². The second kappa shape index (κ2) is 8.79. The highest BCUT2D eigenvalue weighted by Gasteiger charge is 2.10. The Hall–Kier alpha value is -1.40. The van der Waals surface area contributed by atoms with Crippen molar-refractivity contribution in [1.29, 1.82) is 0 Å². The van der Waals surface area contributed by atoms with Gasteiger partial charge in [-0.2, -0.15) is 0 Å². The molecule has 21 heavy (non-hydrogen) atoms. The Bertz CT molecular complexity index is 474. The van der Waals surface area contributed by atoms with Crippen LogP contribution in [0.1, 0.15) is 17.3 Å². The lowest BCUT2D eigenvalue weighted by atomic mass is 10.2. The first kappa shape index (κ1) is 17.7. The molecule has 0 saturated carbocycles. The minimum absolute atomic E-state index is 0.0229. The van der Waals surface area contributed by atoms with E-state index in [1.807, 2.05) is 31.1 Å². The van der Waals surface area contributed by atoms with Crippen molar-refractivity contribution in [3.63, 3.8) is 0 Å². The van der Waals surface area contributed by atoms with E-state index in [2.05, 4.69) is 21.2 Å². The largest absolute Gasteiger partial charge is 0.350 e. The Morgan fingerprint density at radius 1 is 1.10 bits per heavy atom. The van der Waals surface area contributed by atoms with Crippen LogP contribution in [0, 0.1) is 0 Å². The molecule has 0 aliphatic heterocycles. The van der Waals surface area contributed by atoms with Crippen LogP contribution in [-0.2, 0) is 4.79 Å². The van der Waals surface area contributed by atoms with Crippen LogP contribution in [0.25, 0.3) is 0 Å². The number of hydrogen-bond donors (Lipinski definition) is 1. The van der Waals surface area contributed by atoms with Gasteiger partial charge in [-0.05, 0) is 38.4 Å². The lowest BCUT2D eigenvalue weighted by Crippen LogP contribution is -2.40. The number of carbonyl (C=O) groups excluding carboxylic acids is 2. The normalized spacial score (nSPS) is 10.5. The fraction of sp³-hybridized carbons (Fsp3) is 0.467. The molecule has 116 valence electrons. The van der Waals surface area contributed by atoms with E-state index in [-0.39, 0.29) is 11.8 Å². The predicted octanol–water partition coefficient (Wildman–Crippen LogP) is 1.59. The molecule has 0 unspecified atom stereocenters. The lowest BCUT2D eigenvalue weighted by molar-refractivity contribution is -0.128. The van der Waals surface area contributed by atoms with Crippen LogP contribution in [0.4, 0.5) is 0 Å². The molecule has 0 aliphatic carbocycles. The average Bonchev–Trinajstić information content (AvgIpc) is 2.42. The van der Waals surface area contributed by atoms with E-state index in [0.29, 0.717) is 25.2 Å². The second-order valence-corrected chi connectivity index (χ2v) is 5.99. The molecule has 0 aromatic heterocycles. The van der Waals surface area contributed by atoms with Crippen LogP contribution in [0.2, 0.25) is 0 Å².